The molecule has 2 N–H and O–H groups in total. The Hall–Kier alpha value is -0.0800. The van der Waals surface area contributed by atoms with Gasteiger partial charge in [0.25, 0.3) is 0 Å². The number of nitrogens with one attached hydrogen (secondary N) is 1. The standard InChI is InChI=1S/C14H27NO/c1-10-8-14(2,3)7-6-12(10)15-9-13(16)11-4-5-11/h10-13,15-16H,4-9H2,1-3H3. The van der Waals surface area contributed by atoms with Crippen LogP contribution in [0.3, 0.4) is 0 Å². The Balaban J connectivity index is 1.73. The smallest absolute Gasteiger partial charge is 0.0692 e. The summed E-state index contributed by atoms with van der Waals surface area (Å²) in [5, 5.41) is 13.4. The Kier molecular flexibility index (Phi) is 3.60. The van der Waals surface area contributed by atoms with Gasteiger partial charge >= 0.3 is 0 Å². The van der Waals surface area contributed by atoms with Gasteiger partial charge in [0.2, 0.25) is 0 Å². The van der Waals surface area contributed by atoms with Gasteiger partial charge in [0, 0.05) is 12.6 Å². The van der Waals surface area contributed by atoms with E-state index in [1.54, 1.807) is 0 Å². The van der Waals surface area contributed by atoms with Crippen molar-refractivity contribution in [2.24, 2.45) is 17.3 Å². The van der Waals surface area contributed by atoms with Crippen LogP contribution in [0.2, 0.25) is 0 Å². The maximum atomic E-state index is 9.85. The molecule has 2 saturated carbocycles. The summed E-state index contributed by atoms with van der Waals surface area (Å²) in [6.07, 6.45) is 6.26. The highest BCUT2D eigenvalue weighted by Crippen LogP contribution is 2.38. The zero-order valence-corrected chi connectivity index (χ0v) is 11.0. The molecule has 16 heavy (non-hydrogen) atoms. The first-order valence-electron chi connectivity index (χ1n) is 6.89. The number of rotatable bonds is 4. The summed E-state index contributed by atoms with van der Waals surface area (Å²) in [4.78, 5) is 0. The predicted molar refractivity (Wildman–Crippen MR) is 67.3 cm³/mol. The lowest BCUT2D eigenvalue weighted by atomic mass is 9.70. The second-order valence-corrected chi connectivity index (χ2v) is 6.80. The van der Waals surface area contributed by atoms with Crippen LogP contribution in [0.15, 0.2) is 0 Å². The summed E-state index contributed by atoms with van der Waals surface area (Å²) in [5.41, 5.74) is 0.521. The highest BCUT2D eigenvalue weighted by molar-refractivity contribution is 4.89. The van der Waals surface area contributed by atoms with Crippen LogP contribution in [-0.4, -0.2) is 23.8 Å². The van der Waals surface area contributed by atoms with Crippen molar-refractivity contribution in [3.05, 3.63) is 0 Å². The van der Waals surface area contributed by atoms with Crippen LogP contribution in [0.25, 0.3) is 0 Å². The Bertz CT molecular complexity index is 235. The van der Waals surface area contributed by atoms with E-state index in [4.69, 9.17) is 0 Å². The van der Waals surface area contributed by atoms with E-state index in [-0.39, 0.29) is 6.10 Å². The number of aliphatic hydroxyl groups is 1. The Morgan fingerprint density at radius 1 is 1.31 bits per heavy atom. The number of hydrogen-bond acceptors (Lipinski definition) is 2. The Morgan fingerprint density at radius 2 is 2.00 bits per heavy atom. The topological polar surface area (TPSA) is 32.3 Å². The highest BCUT2D eigenvalue weighted by Gasteiger charge is 2.34. The summed E-state index contributed by atoms with van der Waals surface area (Å²) < 4.78 is 0. The first-order valence-corrected chi connectivity index (χ1v) is 6.89. The van der Waals surface area contributed by atoms with Gasteiger partial charge in [-0.1, -0.05) is 20.8 Å². The molecule has 2 rings (SSSR count). The fourth-order valence-electron chi connectivity index (χ4n) is 3.17. The van der Waals surface area contributed by atoms with Gasteiger partial charge in [-0.2, -0.15) is 0 Å². The maximum Gasteiger partial charge on any atom is 0.0692 e. The van der Waals surface area contributed by atoms with Gasteiger partial charge in [0.1, 0.15) is 0 Å². The second-order valence-electron chi connectivity index (χ2n) is 6.80. The maximum absolute atomic E-state index is 9.85. The van der Waals surface area contributed by atoms with Crippen molar-refractivity contribution in [3.8, 4) is 0 Å². The molecule has 0 radical (unpaired) electrons. The Morgan fingerprint density at radius 3 is 2.56 bits per heavy atom. The minimum Gasteiger partial charge on any atom is -0.392 e. The Labute approximate surface area is 99.8 Å². The van der Waals surface area contributed by atoms with Crippen LogP contribution < -0.4 is 5.32 Å². The van der Waals surface area contributed by atoms with Crippen LogP contribution in [0, 0.1) is 17.3 Å². The third-order valence-electron chi connectivity index (χ3n) is 4.45. The van der Waals surface area contributed by atoms with E-state index in [2.05, 4.69) is 26.1 Å². The van der Waals surface area contributed by atoms with Crippen molar-refractivity contribution in [2.45, 2.75) is 65.0 Å². The molecular weight excluding hydrogens is 198 g/mol. The predicted octanol–water partition coefficient (Wildman–Crippen LogP) is 2.56. The van der Waals surface area contributed by atoms with Crippen LogP contribution in [0.4, 0.5) is 0 Å². The van der Waals surface area contributed by atoms with Crippen molar-refractivity contribution >= 4 is 0 Å². The normalized spacial score (nSPS) is 36.0. The summed E-state index contributed by atoms with van der Waals surface area (Å²) in [7, 11) is 0. The number of hydrogen-bond donors (Lipinski definition) is 2. The third kappa shape index (κ3) is 3.21. The van der Waals surface area contributed by atoms with Crippen LogP contribution >= 0.6 is 0 Å². The minimum absolute atomic E-state index is 0.0952. The second kappa shape index (κ2) is 4.66. The lowest BCUT2D eigenvalue weighted by Gasteiger charge is -2.40. The van der Waals surface area contributed by atoms with E-state index in [0.717, 1.165) is 12.5 Å². The van der Waals surface area contributed by atoms with Crippen LogP contribution in [0.1, 0.15) is 52.9 Å². The van der Waals surface area contributed by atoms with E-state index in [9.17, 15) is 5.11 Å². The van der Waals surface area contributed by atoms with E-state index in [1.807, 2.05) is 0 Å². The monoisotopic (exact) mass is 225 g/mol. The zero-order valence-electron chi connectivity index (χ0n) is 11.0. The van der Waals surface area contributed by atoms with E-state index < -0.39 is 0 Å². The van der Waals surface area contributed by atoms with Crippen LogP contribution in [0.5, 0.6) is 0 Å². The average Bonchev–Trinajstić information content (AvgIpc) is 2.97. The van der Waals surface area contributed by atoms with Gasteiger partial charge in [-0.15, -0.1) is 0 Å². The van der Waals surface area contributed by atoms with Gasteiger partial charge in [-0.3, -0.25) is 0 Å². The van der Waals surface area contributed by atoms with Gasteiger partial charge in [-0.25, -0.2) is 0 Å². The zero-order chi connectivity index (χ0) is 11.8. The van der Waals surface area contributed by atoms with Crippen molar-refractivity contribution in [1.29, 1.82) is 0 Å². The third-order valence-corrected chi connectivity index (χ3v) is 4.45. The lowest BCUT2D eigenvalue weighted by molar-refractivity contribution is 0.113. The highest BCUT2D eigenvalue weighted by atomic mass is 16.3. The molecule has 0 saturated heterocycles. The van der Waals surface area contributed by atoms with Crippen molar-refractivity contribution in [2.75, 3.05) is 6.54 Å². The molecule has 3 atom stereocenters. The molecule has 0 aromatic carbocycles. The average molecular weight is 225 g/mol. The van der Waals surface area contributed by atoms with Gasteiger partial charge in [0.15, 0.2) is 0 Å². The molecule has 94 valence electrons. The molecule has 0 amide bonds. The molecule has 0 aromatic rings. The molecule has 0 aliphatic heterocycles. The fraction of sp³-hybridized carbons (Fsp3) is 1.00. The van der Waals surface area contributed by atoms with Gasteiger partial charge in [0.05, 0.1) is 6.10 Å². The first kappa shape index (κ1) is 12.4. The fourth-order valence-corrected chi connectivity index (χ4v) is 3.17. The SMILES string of the molecule is CC1CC(C)(C)CCC1NCC(O)C1CC1. The minimum atomic E-state index is -0.0952. The van der Waals surface area contributed by atoms with Crippen molar-refractivity contribution in [3.63, 3.8) is 0 Å². The van der Waals surface area contributed by atoms with E-state index >= 15 is 0 Å². The molecule has 0 bridgehead atoms. The van der Waals surface area contributed by atoms with E-state index in [1.165, 1.54) is 32.1 Å². The molecule has 2 aliphatic rings. The van der Waals surface area contributed by atoms with Gasteiger partial charge in [-0.05, 0) is 49.4 Å². The molecule has 0 aromatic heterocycles. The summed E-state index contributed by atoms with van der Waals surface area (Å²) in [6, 6.07) is 0.626. The molecule has 2 aliphatic carbocycles. The summed E-state index contributed by atoms with van der Waals surface area (Å²) in [5.74, 6) is 1.35. The molecule has 0 heterocycles. The molecule has 2 heteroatoms. The van der Waals surface area contributed by atoms with Crippen molar-refractivity contribution in [1.82, 2.24) is 5.32 Å². The molecular formula is C14H27NO. The van der Waals surface area contributed by atoms with Gasteiger partial charge < -0.3 is 10.4 Å². The summed E-state index contributed by atoms with van der Waals surface area (Å²) in [6.45, 7) is 7.90. The molecule has 3 unspecified atom stereocenters. The first-order chi connectivity index (χ1) is 7.48. The van der Waals surface area contributed by atoms with E-state index in [0.29, 0.717) is 17.4 Å². The quantitative estimate of drug-likeness (QED) is 0.770. The largest absolute Gasteiger partial charge is 0.392 e. The summed E-state index contributed by atoms with van der Waals surface area (Å²) >= 11 is 0. The lowest BCUT2D eigenvalue weighted by Crippen LogP contribution is -2.44. The molecule has 2 nitrogen and oxygen atoms in total. The molecule has 2 fully saturated rings. The van der Waals surface area contributed by atoms with Crippen molar-refractivity contribution < 1.29 is 5.11 Å². The van der Waals surface area contributed by atoms with Crippen LogP contribution in [-0.2, 0) is 0 Å². The molecule has 0 spiro atoms. The number of aliphatic hydroxyl groups excluding tert-OH is 1.